The number of rotatable bonds is 4. The van der Waals surface area contributed by atoms with Crippen LogP contribution in [0.4, 0.5) is 10.1 Å². The third-order valence-electron chi connectivity index (χ3n) is 2.46. The number of ketones is 1. The Morgan fingerprint density at radius 1 is 1.56 bits per heavy atom. The molecule has 0 amide bonds. The fourth-order valence-corrected chi connectivity index (χ4v) is 1.37. The number of hydrogen-bond acceptors (Lipinski definition) is 3. The molecule has 0 saturated carbocycles. The van der Waals surface area contributed by atoms with Gasteiger partial charge in [-0.1, -0.05) is 6.92 Å². The molecule has 0 aromatic heterocycles. The van der Waals surface area contributed by atoms with Gasteiger partial charge in [0.15, 0.2) is 0 Å². The summed E-state index contributed by atoms with van der Waals surface area (Å²) in [6.07, 6.45) is 0.184. The number of nitro groups is 1. The molecule has 5 heteroatoms. The van der Waals surface area contributed by atoms with Crippen LogP contribution in [0, 0.1) is 21.8 Å². The number of carbonyl (C=O) groups is 1. The molecule has 16 heavy (non-hydrogen) atoms. The van der Waals surface area contributed by atoms with Crippen LogP contribution in [0.3, 0.4) is 0 Å². The number of nitro benzene ring substituents is 1. The van der Waals surface area contributed by atoms with E-state index in [1.165, 1.54) is 6.92 Å². The lowest BCUT2D eigenvalue weighted by molar-refractivity contribution is -0.385. The van der Waals surface area contributed by atoms with Crippen LogP contribution in [0.15, 0.2) is 18.2 Å². The lowest BCUT2D eigenvalue weighted by Gasteiger charge is -2.07. The van der Waals surface area contributed by atoms with Crippen LogP contribution >= 0.6 is 0 Å². The Labute approximate surface area is 92.2 Å². The quantitative estimate of drug-likeness (QED) is 0.584. The van der Waals surface area contributed by atoms with Gasteiger partial charge in [-0.2, -0.15) is 0 Å². The number of Topliss-reactive ketones (excluding diaryl/α,β-unsaturated/α-hetero) is 1. The summed E-state index contributed by atoms with van der Waals surface area (Å²) in [5.74, 6) is -0.949. The van der Waals surface area contributed by atoms with Gasteiger partial charge in [-0.15, -0.1) is 0 Å². The second-order valence-corrected chi connectivity index (χ2v) is 3.75. The standard InChI is InChI=1S/C11H12FNO3/c1-7(8(2)14)5-9-6-10(12)3-4-11(9)13(15)16/h3-4,6-7H,5H2,1-2H3. The molecule has 0 heterocycles. The van der Waals surface area contributed by atoms with Gasteiger partial charge in [0.25, 0.3) is 5.69 Å². The van der Waals surface area contributed by atoms with Gasteiger partial charge < -0.3 is 0 Å². The maximum absolute atomic E-state index is 13.0. The van der Waals surface area contributed by atoms with Crippen molar-refractivity contribution < 1.29 is 14.1 Å². The summed E-state index contributed by atoms with van der Waals surface area (Å²) < 4.78 is 13.0. The van der Waals surface area contributed by atoms with Crippen molar-refractivity contribution in [2.24, 2.45) is 5.92 Å². The van der Waals surface area contributed by atoms with E-state index in [0.29, 0.717) is 0 Å². The topological polar surface area (TPSA) is 60.2 Å². The largest absolute Gasteiger partial charge is 0.300 e. The van der Waals surface area contributed by atoms with E-state index in [-0.39, 0.29) is 29.4 Å². The molecule has 1 aromatic rings. The normalized spacial score (nSPS) is 12.2. The van der Waals surface area contributed by atoms with Crippen molar-refractivity contribution in [2.75, 3.05) is 0 Å². The molecule has 0 aliphatic rings. The van der Waals surface area contributed by atoms with Crippen molar-refractivity contribution in [2.45, 2.75) is 20.3 Å². The van der Waals surface area contributed by atoms with E-state index in [2.05, 4.69) is 0 Å². The van der Waals surface area contributed by atoms with Crippen molar-refractivity contribution in [1.29, 1.82) is 0 Å². The van der Waals surface area contributed by atoms with E-state index in [1.54, 1.807) is 6.92 Å². The van der Waals surface area contributed by atoms with E-state index in [1.807, 2.05) is 0 Å². The Hall–Kier alpha value is -1.78. The third-order valence-corrected chi connectivity index (χ3v) is 2.46. The number of halogens is 1. The van der Waals surface area contributed by atoms with Gasteiger partial charge in [-0.05, 0) is 25.5 Å². The number of nitrogens with zero attached hydrogens (tertiary/aromatic N) is 1. The molecule has 0 aliphatic carbocycles. The molecule has 4 nitrogen and oxygen atoms in total. The maximum Gasteiger partial charge on any atom is 0.272 e. The minimum absolute atomic E-state index is 0.0708. The van der Waals surface area contributed by atoms with Crippen LogP contribution in [0.25, 0.3) is 0 Å². The zero-order valence-corrected chi connectivity index (χ0v) is 9.07. The molecule has 0 saturated heterocycles. The molecule has 1 rings (SSSR count). The summed E-state index contributed by atoms with van der Waals surface area (Å²) in [5, 5.41) is 10.7. The van der Waals surface area contributed by atoms with Crippen LogP contribution in [0.1, 0.15) is 19.4 Å². The summed E-state index contributed by atoms with van der Waals surface area (Å²) in [7, 11) is 0. The summed E-state index contributed by atoms with van der Waals surface area (Å²) in [4.78, 5) is 21.2. The summed E-state index contributed by atoms with van der Waals surface area (Å²) in [6.45, 7) is 3.08. The van der Waals surface area contributed by atoms with Crippen LogP contribution in [0.5, 0.6) is 0 Å². The molecule has 1 aromatic carbocycles. The minimum Gasteiger partial charge on any atom is -0.300 e. The highest BCUT2D eigenvalue weighted by Gasteiger charge is 2.18. The third kappa shape index (κ3) is 2.85. The predicted molar refractivity (Wildman–Crippen MR) is 56.6 cm³/mol. The van der Waals surface area contributed by atoms with Gasteiger partial charge in [0, 0.05) is 17.5 Å². The first-order valence-corrected chi connectivity index (χ1v) is 4.85. The van der Waals surface area contributed by atoms with Crippen molar-refractivity contribution in [3.8, 4) is 0 Å². The predicted octanol–water partition coefficient (Wildman–Crippen LogP) is 2.50. The highest BCUT2D eigenvalue weighted by molar-refractivity contribution is 5.78. The Balaban J connectivity index is 3.05. The Morgan fingerprint density at radius 3 is 2.69 bits per heavy atom. The van der Waals surface area contributed by atoms with Gasteiger partial charge >= 0.3 is 0 Å². The summed E-state index contributed by atoms with van der Waals surface area (Å²) in [5.41, 5.74) is 0.113. The summed E-state index contributed by atoms with van der Waals surface area (Å²) >= 11 is 0. The molecule has 0 radical (unpaired) electrons. The molecule has 0 N–H and O–H groups in total. The number of hydrogen-bond donors (Lipinski definition) is 0. The zero-order valence-electron chi connectivity index (χ0n) is 9.07. The van der Waals surface area contributed by atoms with Crippen molar-refractivity contribution in [1.82, 2.24) is 0 Å². The number of carbonyl (C=O) groups excluding carboxylic acids is 1. The first kappa shape index (κ1) is 12.3. The molecule has 1 atom stereocenters. The molecule has 86 valence electrons. The van der Waals surface area contributed by atoms with Crippen molar-refractivity contribution in [3.63, 3.8) is 0 Å². The molecule has 0 bridgehead atoms. The average Bonchev–Trinajstić information content (AvgIpc) is 2.16. The lowest BCUT2D eigenvalue weighted by Crippen LogP contribution is -2.11. The van der Waals surface area contributed by atoms with E-state index < -0.39 is 10.7 Å². The van der Waals surface area contributed by atoms with Crippen LogP contribution in [-0.2, 0) is 11.2 Å². The molecule has 0 spiro atoms. The second-order valence-electron chi connectivity index (χ2n) is 3.75. The van der Waals surface area contributed by atoms with Crippen LogP contribution in [-0.4, -0.2) is 10.7 Å². The lowest BCUT2D eigenvalue weighted by atomic mass is 9.97. The fraction of sp³-hybridized carbons (Fsp3) is 0.364. The average molecular weight is 225 g/mol. The molecule has 0 fully saturated rings. The van der Waals surface area contributed by atoms with Crippen molar-refractivity contribution in [3.05, 3.63) is 39.7 Å². The highest BCUT2D eigenvalue weighted by Crippen LogP contribution is 2.22. The molecular formula is C11H12FNO3. The van der Waals surface area contributed by atoms with Gasteiger partial charge in [-0.3, -0.25) is 14.9 Å². The first-order valence-electron chi connectivity index (χ1n) is 4.85. The van der Waals surface area contributed by atoms with E-state index in [0.717, 1.165) is 18.2 Å². The minimum atomic E-state index is -0.568. The van der Waals surface area contributed by atoms with E-state index >= 15 is 0 Å². The Morgan fingerprint density at radius 2 is 2.19 bits per heavy atom. The Bertz CT molecular complexity index is 431. The van der Waals surface area contributed by atoms with Crippen LogP contribution in [0.2, 0.25) is 0 Å². The second kappa shape index (κ2) is 4.83. The first-order chi connectivity index (χ1) is 7.41. The highest BCUT2D eigenvalue weighted by atomic mass is 19.1. The van der Waals surface area contributed by atoms with Gasteiger partial charge in [0.2, 0.25) is 0 Å². The Kier molecular flexibility index (Phi) is 3.71. The van der Waals surface area contributed by atoms with E-state index in [4.69, 9.17) is 0 Å². The summed E-state index contributed by atoms with van der Waals surface area (Å²) in [6, 6.07) is 3.27. The van der Waals surface area contributed by atoms with Crippen LogP contribution < -0.4 is 0 Å². The van der Waals surface area contributed by atoms with Gasteiger partial charge in [0.1, 0.15) is 11.6 Å². The number of benzene rings is 1. The molecular weight excluding hydrogens is 213 g/mol. The SMILES string of the molecule is CC(=O)C(C)Cc1cc(F)ccc1[N+](=O)[O-]. The monoisotopic (exact) mass is 225 g/mol. The molecule has 0 aliphatic heterocycles. The van der Waals surface area contributed by atoms with Crippen molar-refractivity contribution >= 4 is 11.5 Å². The fourth-order valence-electron chi connectivity index (χ4n) is 1.37. The van der Waals surface area contributed by atoms with E-state index in [9.17, 15) is 19.3 Å². The van der Waals surface area contributed by atoms with Gasteiger partial charge in [0.05, 0.1) is 4.92 Å². The van der Waals surface area contributed by atoms with Gasteiger partial charge in [-0.25, -0.2) is 4.39 Å². The zero-order chi connectivity index (χ0) is 12.3. The maximum atomic E-state index is 13.0. The smallest absolute Gasteiger partial charge is 0.272 e. The molecule has 1 unspecified atom stereocenters.